The number of halogens is 1. The van der Waals surface area contributed by atoms with E-state index in [2.05, 4.69) is 19.9 Å². The van der Waals surface area contributed by atoms with Crippen molar-refractivity contribution in [1.82, 2.24) is 24.5 Å². The maximum Gasteiger partial charge on any atom is 0.280 e. The van der Waals surface area contributed by atoms with E-state index < -0.39 is 11.2 Å². The Morgan fingerprint density at radius 1 is 1.03 bits per heavy atom. The molecule has 3 heterocycles. The van der Waals surface area contributed by atoms with Crippen LogP contribution in [0.4, 0.5) is 0 Å². The smallest absolute Gasteiger partial charge is 0.280 e. The van der Waals surface area contributed by atoms with Crippen molar-refractivity contribution in [3.05, 3.63) is 92.1 Å². The Morgan fingerprint density at radius 2 is 1.78 bits per heavy atom. The van der Waals surface area contributed by atoms with Crippen molar-refractivity contribution in [1.29, 1.82) is 0 Å². The molecule has 0 radical (unpaired) electrons. The minimum absolute atomic E-state index is 0.0639. The third-order valence-corrected chi connectivity index (χ3v) is 6.03. The fourth-order valence-electron chi connectivity index (χ4n) is 3.81. The highest BCUT2D eigenvalue weighted by Gasteiger charge is 2.22. The Bertz CT molecular complexity index is 1510. The zero-order valence-electron chi connectivity index (χ0n) is 21.1. The molecule has 0 saturated carbocycles. The molecule has 9 heteroatoms. The van der Waals surface area contributed by atoms with Gasteiger partial charge < -0.3 is 9.84 Å². The summed E-state index contributed by atoms with van der Waals surface area (Å²) in [5.41, 5.74) is 3.71. The molecule has 4 rings (SSSR count). The lowest BCUT2D eigenvalue weighted by atomic mass is 10.0. The number of aliphatic hydroxyl groups is 1. The van der Waals surface area contributed by atoms with Gasteiger partial charge in [0.2, 0.25) is 5.88 Å². The molecule has 0 aliphatic rings. The zero-order chi connectivity index (χ0) is 26.2. The monoisotopic (exact) mass is 505 g/mol. The highest BCUT2D eigenvalue weighted by atomic mass is 35.5. The molecule has 0 spiro atoms. The molecule has 0 aliphatic heterocycles. The van der Waals surface area contributed by atoms with E-state index in [0.29, 0.717) is 28.7 Å². The van der Waals surface area contributed by atoms with Crippen LogP contribution in [-0.2, 0) is 12.2 Å². The summed E-state index contributed by atoms with van der Waals surface area (Å²) in [4.78, 5) is 31.1. The molecule has 186 valence electrons. The summed E-state index contributed by atoms with van der Waals surface area (Å²) in [6.45, 7) is 10.8. The molecule has 0 bridgehead atoms. The molecule has 1 N–H and O–H groups in total. The normalized spacial score (nSPS) is 11.6. The first-order valence-electron chi connectivity index (χ1n) is 11.5. The van der Waals surface area contributed by atoms with Gasteiger partial charge in [0.25, 0.3) is 5.56 Å². The van der Waals surface area contributed by atoms with Crippen LogP contribution in [0.3, 0.4) is 0 Å². The number of aryl methyl sites for hydroxylation is 4. The van der Waals surface area contributed by atoms with Crippen LogP contribution in [0, 0.1) is 27.7 Å². The van der Waals surface area contributed by atoms with Crippen LogP contribution in [0.5, 0.6) is 5.88 Å². The summed E-state index contributed by atoms with van der Waals surface area (Å²) in [6.07, 6.45) is 1.68. The number of hydrogen-bond donors (Lipinski definition) is 1. The number of ether oxygens (including phenoxy) is 1. The van der Waals surface area contributed by atoms with Crippen LogP contribution < -0.4 is 10.3 Å². The third kappa shape index (κ3) is 5.15. The van der Waals surface area contributed by atoms with E-state index in [1.54, 1.807) is 27.0 Å². The van der Waals surface area contributed by atoms with E-state index in [4.69, 9.17) is 16.3 Å². The van der Waals surface area contributed by atoms with Crippen molar-refractivity contribution >= 4 is 11.6 Å². The fourth-order valence-corrected chi connectivity index (χ4v) is 3.99. The van der Waals surface area contributed by atoms with Crippen LogP contribution in [0.2, 0.25) is 5.02 Å². The molecule has 0 unspecified atom stereocenters. The Morgan fingerprint density at radius 3 is 2.47 bits per heavy atom. The van der Waals surface area contributed by atoms with E-state index in [1.807, 2.05) is 57.2 Å². The van der Waals surface area contributed by atoms with Gasteiger partial charge in [-0.2, -0.15) is 4.98 Å². The number of nitrogens with zero attached hydrogens (tertiary/aromatic N) is 5. The number of pyridine rings is 1. The third-order valence-electron chi connectivity index (χ3n) is 5.71. The van der Waals surface area contributed by atoms with E-state index in [9.17, 15) is 9.90 Å². The molecule has 36 heavy (non-hydrogen) atoms. The minimum Gasteiger partial charge on any atom is -0.470 e. The van der Waals surface area contributed by atoms with Crippen LogP contribution in [0.1, 0.15) is 48.0 Å². The van der Waals surface area contributed by atoms with Crippen molar-refractivity contribution in [2.75, 3.05) is 0 Å². The minimum atomic E-state index is -1.19. The number of aromatic nitrogens is 5. The number of rotatable bonds is 6. The van der Waals surface area contributed by atoms with Gasteiger partial charge in [-0.3, -0.25) is 14.3 Å². The SMILES string of the molecule is Cc1cccc(COc2nc(C)n(-c3cc(-c4nc(C(C)(C)O)ncc4C)ccc3C)c(=O)c2Cl)n1. The molecule has 0 saturated heterocycles. The van der Waals surface area contributed by atoms with E-state index >= 15 is 0 Å². The topological polar surface area (TPSA) is 103 Å². The lowest BCUT2D eigenvalue weighted by Gasteiger charge is -2.18. The first-order valence-corrected chi connectivity index (χ1v) is 11.9. The van der Waals surface area contributed by atoms with Gasteiger partial charge in [-0.1, -0.05) is 29.8 Å². The second kappa shape index (κ2) is 9.79. The van der Waals surface area contributed by atoms with Crippen LogP contribution in [0.25, 0.3) is 16.9 Å². The molecule has 3 aromatic heterocycles. The highest BCUT2D eigenvalue weighted by Crippen LogP contribution is 2.28. The van der Waals surface area contributed by atoms with Crippen molar-refractivity contribution in [3.8, 4) is 22.8 Å². The number of hydrogen-bond acceptors (Lipinski definition) is 7. The summed E-state index contributed by atoms with van der Waals surface area (Å²) in [5.74, 6) is 0.801. The average molecular weight is 506 g/mol. The van der Waals surface area contributed by atoms with Crippen molar-refractivity contribution < 1.29 is 9.84 Å². The maximum absolute atomic E-state index is 13.4. The predicted molar refractivity (Wildman–Crippen MR) is 139 cm³/mol. The molecule has 0 amide bonds. The van der Waals surface area contributed by atoms with Gasteiger partial charge in [0.05, 0.1) is 17.1 Å². The first-order chi connectivity index (χ1) is 17.0. The van der Waals surface area contributed by atoms with Crippen LogP contribution in [-0.4, -0.2) is 29.6 Å². The standard InChI is InChI=1S/C27H28ClN5O3/c1-15-10-11-19(23-16(2)13-29-26(32-23)27(5,6)35)12-21(15)33-18(4)31-24(22(28)25(33)34)36-14-20-9-7-8-17(3)30-20/h7-13,35H,14H2,1-6H3. The molecule has 0 fully saturated rings. The van der Waals surface area contributed by atoms with Crippen molar-refractivity contribution in [2.24, 2.45) is 0 Å². The number of benzene rings is 1. The van der Waals surface area contributed by atoms with Gasteiger partial charge in [-0.15, -0.1) is 0 Å². The highest BCUT2D eigenvalue weighted by molar-refractivity contribution is 6.31. The zero-order valence-corrected chi connectivity index (χ0v) is 21.9. The van der Waals surface area contributed by atoms with Crippen LogP contribution >= 0.6 is 11.6 Å². The van der Waals surface area contributed by atoms with Crippen molar-refractivity contribution in [3.63, 3.8) is 0 Å². The predicted octanol–water partition coefficient (Wildman–Crippen LogP) is 4.78. The summed E-state index contributed by atoms with van der Waals surface area (Å²) < 4.78 is 7.22. The van der Waals surface area contributed by atoms with Gasteiger partial charge in [0, 0.05) is 17.5 Å². The molecule has 0 atom stereocenters. The second-order valence-corrected chi connectivity index (χ2v) is 9.64. The van der Waals surface area contributed by atoms with Gasteiger partial charge in [-0.05, 0) is 70.9 Å². The summed E-state index contributed by atoms with van der Waals surface area (Å²) in [6, 6.07) is 11.3. The lowest BCUT2D eigenvalue weighted by molar-refractivity contribution is 0.0688. The largest absolute Gasteiger partial charge is 0.470 e. The molecular weight excluding hydrogens is 478 g/mol. The Balaban J connectivity index is 1.75. The van der Waals surface area contributed by atoms with E-state index in [-0.39, 0.29) is 17.5 Å². The average Bonchev–Trinajstić information content (AvgIpc) is 2.81. The molecule has 0 aliphatic carbocycles. The Hall–Kier alpha value is -3.62. The van der Waals surface area contributed by atoms with E-state index in [1.165, 1.54) is 4.57 Å². The van der Waals surface area contributed by atoms with Crippen molar-refractivity contribution in [2.45, 2.75) is 53.8 Å². The first kappa shape index (κ1) is 25.5. The van der Waals surface area contributed by atoms with Gasteiger partial charge in [0.15, 0.2) is 10.8 Å². The molecule has 8 nitrogen and oxygen atoms in total. The fraction of sp³-hybridized carbons (Fsp3) is 0.296. The summed E-state index contributed by atoms with van der Waals surface area (Å²) >= 11 is 6.43. The quantitative estimate of drug-likeness (QED) is 0.402. The Labute approximate surface area is 214 Å². The van der Waals surface area contributed by atoms with E-state index in [0.717, 1.165) is 22.4 Å². The molecular formula is C27H28ClN5O3. The Kier molecular flexibility index (Phi) is 6.93. The maximum atomic E-state index is 13.4. The molecule has 4 aromatic rings. The second-order valence-electron chi connectivity index (χ2n) is 9.26. The van der Waals surface area contributed by atoms with Gasteiger partial charge >= 0.3 is 0 Å². The summed E-state index contributed by atoms with van der Waals surface area (Å²) in [7, 11) is 0. The van der Waals surface area contributed by atoms with Crippen LogP contribution in [0.15, 0.2) is 47.4 Å². The van der Waals surface area contributed by atoms with Gasteiger partial charge in [0.1, 0.15) is 18.0 Å². The van der Waals surface area contributed by atoms with Gasteiger partial charge in [-0.25, -0.2) is 9.97 Å². The lowest BCUT2D eigenvalue weighted by Crippen LogP contribution is -2.24. The molecule has 1 aromatic carbocycles. The summed E-state index contributed by atoms with van der Waals surface area (Å²) in [5, 5.41) is 10.3.